The van der Waals surface area contributed by atoms with Crippen molar-refractivity contribution in [3.8, 4) is 11.5 Å². The number of rotatable bonds is 3. The maximum absolute atomic E-state index is 12.0. The Balaban J connectivity index is 2.33. The van der Waals surface area contributed by atoms with E-state index in [0.29, 0.717) is 24.7 Å². The van der Waals surface area contributed by atoms with Crippen LogP contribution in [0.2, 0.25) is 0 Å². The summed E-state index contributed by atoms with van der Waals surface area (Å²) in [7, 11) is -3.67. The molecule has 1 aromatic carbocycles. The zero-order valence-electron chi connectivity index (χ0n) is 10.1. The van der Waals surface area contributed by atoms with E-state index in [1.807, 2.05) is 0 Å². The lowest BCUT2D eigenvalue weighted by Crippen LogP contribution is -2.23. The molecule has 104 valence electrons. The van der Waals surface area contributed by atoms with Gasteiger partial charge in [0.25, 0.3) is 0 Å². The summed E-state index contributed by atoms with van der Waals surface area (Å²) in [5, 5.41) is 11.1. The van der Waals surface area contributed by atoms with E-state index >= 15 is 0 Å². The van der Waals surface area contributed by atoms with Gasteiger partial charge in [-0.2, -0.15) is 0 Å². The largest absolute Gasteiger partial charge is 0.490 e. The molecular weight excluding hydrogens is 272 g/mol. The normalized spacial score (nSPS) is 15.9. The summed E-state index contributed by atoms with van der Waals surface area (Å²) in [6.45, 7) is 1.000. The van der Waals surface area contributed by atoms with E-state index in [1.54, 1.807) is 6.07 Å². The molecule has 1 aromatic rings. The summed E-state index contributed by atoms with van der Waals surface area (Å²) in [5.41, 5.74) is 5.22. The van der Waals surface area contributed by atoms with Gasteiger partial charge in [0.2, 0.25) is 0 Å². The van der Waals surface area contributed by atoms with Gasteiger partial charge in [0.15, 0.2) is 27.2 Å². The molecule has 0 unspecified atom stereocenters. The highest BCUT2D eigenvalue weighted by Gasteiger charge is 2.20. The molecule has 0 atom stereocenters. The van der Waals surface area contributed by atoms with Crippen molar-refractivity contribution in [2.45, 2.75) is 11.3 Å². The molecular formula is C11H14N2O5S. The molecule has 8 heteroatoms. The van der Waals surface area contributed by atoms with Crippen LogP contribution in [0.4, 0.5) is 0 Å². The number of benzene rings is 1. The highest BCUT2D eigenvalue weighted by molar-refractivity contribution is 7.92. The van der Waals surface area contributed by atoms with Crippen LogP contribution in [0, 0.1) is 0 Å². The van der Waals surface area contributed by atoms with Crippen molar-refractivity contribution >= 4 is 15.7 Å². The molecule has 0 bridgehead atoms. The van der Waals surface area contributed by atoms with Gasteiger partial charge in [0.05, 0.1) is 18.1 Å². The summed E-state index contributed by atoms with van der Waals surface area (Å²) in [6.07, 6.45) is 0.737. The lowest BCUT2D eigenvalue weighted by atomic mass is 10.3. The minimum atomic E-state index is -3.67. The van der Waals surface area contributed by atoms with Crippen molar-refractivity contribution in [2.75, 3.05) is 19.0 Å². The molecule has 1 heterocycles. The number of amidine groups is 1. The first kappa shape index (κ1) is 13.5. The van der Waals surface area contributed by atoms with Crippen molar-refractivity contribution in [3.05, 3.63) is 18.2 Å². The second kappa shape index (κ2) is 5.35. The third-order valence-corrected chi connectivity index (χ3v) is 4.19. The lowest BCUT2D eigenvalue weighted by molar-refractivity contribution is 0.297. The van der Waals surface area contributed by atoms with Crippen molar-refractivity contribution in [3.63, 3.8) is 0 Å². The predicted octanol–water partition coefficient (Wildman–Crippen LogP) is 0.368. The third-order valence-electron chi connectivity index (χ3n) is 2.54. The van der Waals surface area contributed by atoms with Crippen LogP contribution in [0.15, 0.2) is 28.3 Å². The summed E-state index contributed by atoms with van der Waals surface area (Å²) >= 11 is 0. The molecule has 7 nitrogen and oxygen atoms in total. The zero-order chi connectivity index (χ0) is 13.9. The lowest BCUT2D eigenvalue weighted by Gasteiger charge is -2.09. The summed E-state index contributed by atoms with van der Waals surface area (Å²) in [4.78, 5) is 0.0448. The molecule has 2 rings (SSSR count). The topological polar surface area (TPSA) is 111 Å². The third kappa shape index (κ3) is 3.08. The number of hydrogen-bond donors (Lipinski definition) is 2. The Morgan fingerprint density at radius 1 is 1.32 bits per heavy atom. The Bertz CT molecular complexity index is 597. The number of ether oxygens (including phenoxy) is 2. The Labute approximate surface area is 110 Å². The minimum Gasteiger partial charge on any atom is -0.490 e. The fourth-order valence-corrected chi connectivity index (χ4v) is 2.82. The van der Waals surface area contributed by atoms with E-state index in [-0.39, 0.29) is 10.7 Å². The maximum atomic E-state index is 12.0. The number of oxime groups is 1. The molecule has 0 spiro atoms. The van der Waals surface area contributed by atoms with Gasteiger partial charge in [-0.1, -0.05) is 5.16 Å². The molecule has 0 amide bonds. The van der Waals surface area contributed by atoms with E-state index in [4.69, 9.17) is 20.4 Å². The molecule has 3 N–H and O–H groups in total. The molecule has 0 saturated heterocycles. The van der Waals surface area contributed by atoms with Crippen LogP contribution in [0.3, 0.4) is 0 Å². The molecule has 0 aromatic heterocycles. The van der Waals surface area contributed by atoms with Gasteiger partial charge in [0, 0.05) is 12.5 Å². The number of nitrogens with zero attached hydrogens (tertiary/aromatic N) is 1. The van der Waals surface area contributed by atoms with Crippen molar-refractivity contribution in [2.24, 2.45) is 10.9 Å². The van der Waals surface area contributed by atoms with Gasteiger partial charge in [-0.3, -0.25) is 0 Å². The van der Waals surface area contributed by atoms with Crippen LogP contribution in [-0.4, -0.2) is 38.4 Å². The molecule has 1 aliphatic heterocycles. The highest BCUT2D eigenvalue weighted by Crippen LogP contribution is 2.32. The smallest absolute Gasteiger partial charge is 0.185 e. The molecule has 0 saturated carbocycles. The van der Waals surface area contributed by atoms with Gasteiger partial charge < -0.3 is 20.4 Å². The quantitative estimate of drug-likeness (QED) is 0.359. The van der Waals surface area contributed by atoms with Crippen molar-refractivity contribution in [1.82, 2.24) is 0 Å². The number of hydrogen-bond acceptors (Lipinski definition) is 6. The molecule has 0 radical (unpaired) electrons. The second-order valence-corrected chi connectivity index (χ2v) is 6.00. The van der Waals surface area contributed by atoms with E-state index in [1.165, 1.54) is 12.1 Å². The Kier molecular flexibility index (Phi) is 3.79. The van der Waals surface area contributed by atoms with Gasteiger partial charge in [-0.05, 0) is 12.1 Å². The first-order valence-electron chi connectivity index (χ1n) is 5.62. The van der Waals surface area contributed by atoms with Crippen LogP contribution in [0.25, 0.3) is 0 Å². The standard InChI is InChI=1S/C11H14N2O5S/c12-11(13-14)7-19(15,16)8-2-3-9-10(6-8)18-5-1-4-17-9/h2-3,6,14H,1,4-5,7H2,(H2,12,13). The predicted molar refractivity (Wildman–Crippen MR) is 67.5 cm³/mol. The van der Waals surface area contributed by atoms with Crippen LogP contribution < -0.4 is 15.2 Å². The monoisotopic (exact) mass is 286 g/mol. The summed E-state index contributed by atoms with van der Waals surface area (Å²) in [5.74, 6) is -0.0196. The van der Waals surface area contributed by atoms with Crippen LogP contribution in [0.5, 0.6) is 11.5 Å². The molecule has 0 aliphatic carbocycles. The van der Waals surface area contributed by atoms with E-state index in [0.717, 1.165) is 6.42 Å². The van der Waals surface area contributed by atoms with E-state index in [2.05, 4.69) is 5.16 Å². The highest BCUT2D eigenvalue weighted by atomic mass is 32.2. The zero-order valence-corrected chi connectivity index (χ0v) is 10.9. The van der Waals surface area contributed by atoms with Gasteiger partial charge in [0.1, 0.15) is 5.75 Å². The van der Waals surface area contributed by atoms with Crippen molar-refractivity contribution in [1.29, 1.82) is 0 Å². The molecule has 0 fully saturated rings. The van der Waals surface area contributed by atoms with E-state index < -0.39 is 15.6 Å². The second-order valence-electron chi connectivity index (χ2n) is 4.01. The average Bonchev–Trinajstić information content (AvgIpc) is 2.62. The van der Waals surface area contributed by atoms with Crippen LogP contribution in [0.1, 0.15) is 6.42 Å². The fraction of sp³-hybridized carbons (Fsp3) is 0.364. The Morgan fingerprint density at radius 2 is 2.00 bits per heavy atom. The van der Waals surface area contributed by atoms with Gasteiger partial charge in [-0.15, -0.1) is 0 Å². The SMILES string of the molecule is N/C(CS(=O)(=O)c1ccc2c(c1)OCCCO2)=N\O. The summed E-state index contributed by atoms with van der Waals surface area (Å²) < 4.78 is 34.8. The minimum absolute atomic E-state index is 0.0448. The van der Waals surface area contributed by atoms with Gasteiger partial charge in [-0.25, -0.2) is 8.42 Å². The molecule has 1 aliphatic rings. The Hall–Kier alpha value is -1.96. The van der Waals surface area contributed by atoms with Crippen LogP contribution >= 0.6 is 0 Å². The van der Waals surface area contributed by atoms with Crippen molar-refractivity contribution < 1.29 is 23.1 Å². The van der Waals surface area contributed by atoms with Crippen LogP contribution in [-0.2, 0) is 9.84 Å². The average molecular weight is 286 g/mol. The number of fused-ring (bicyclic) bond motifs is 1. The maximum Gasteiger partial charge on any atom is 0.185 e. The summed E-state index contributed by atoms with van der Waals surface area (Å²) in [6, 6.07) is 4.34. The Morgan fingerprint density at radius 3 is 2.68 bits per heavy atom. The first-order valence-corrected chi connectivity index (χ1v) is 7.27. The fourth-order valence-electron chi connectivity index (χ4n) is 1.64. The van der Waals surface area contributed by atoms with Gasteiger partial charge >= 0.3 is 0 Å². The molecule has 19 heavy (non-hydrogen) atoms. The number of sulfone groups is 1. The number of nitrogens with two attached hydrogens (primary N) is 1. The first-order chi connectivity index (χ1) is 9.03. The van der Waals surface area contributed by atoms with E-state index in [9.17, 15) is 8.42 Å².